The van der Waals surface area contributed by atoms with E-state index in [1.807, 2.05) is 0 Å². The Hall–Kier alpha value is -2.35. The van der Waals surface area contributed by atoms with Crippen molar-refractivity contribution in [2.45, 2.75) is 50.3 Å². The first-order chi connectivity index (χ1) is 12.3. The predicted molar refractivity (Wildman–Crippen MR) is 91.8 cm³/mol. The van der Waals surface area contributed by atoms with Crippen LogP contribution in [0.15, 0.2) is 36.4 Å². The first-order valence-corrected chi connectivity index (χ1v) is 8.41. The monoisotopic (exact) mass is 362 g/mol. The molecule has 0 aromatic heterocycles. The number of fused-ring (bicyclic) bond motifs is 3. The molecular weight excluding hydrogens is 340 g/mol. The zero-order chi connectivity index (χ0) is 19.0. The molecule has 4 N–H and O–H groups in total. The summed E-state index contributed by atoms with van der Waals surface area (Å²) in [7, 11) is 0. The van der Waals surface area contributed by atoms with E-state index in [2.05, 4.69) is 6.58 Å². The molecule has 0 unspecified atom stereocenters. The van der Waals surface area contributed by atoms with E-state index in [1.54, 1.807) is 19.1 Å². The number of hydrogen-bond acceptors (Lipinski definition) is 7. The van der Waals surface area contributed by atoms with Gasteiger partial charge in [-0.1, -0.05) is 18.7 Å². The van der Waals surface area contributed by atoms with Gasteiger partial charge >= 0.3 is 5.97 Å². The maximum atomic E-state index is 12.5. The quantitative estimate of drug-likeness (QED) is 0.410. The van der Waals surface area contributed by atoms with E-state index >= 15 is 0 Å². The Morgan fingerprint density at radius 2 is 1.96 bits per heavy atom. The number of esters is 1. The fraction of sp³-hybridized carbons (Fsp3) is 0.421. The van der Waals surface area contributed by atoms with Crippen molar-refractivity contribution >= 4 is 5.97 Å². The topological polar surface area (TPSA) is 120 Å². The molecule has 7 nitrogen and oxygen atoms in total. The molecule has 7 heteroatoms. The summed E-state index contributed by atoms with van der Waals surface area (Å²) in [6, 6.07) is 2.40. The van der Waals surface area contributed by atoms with Crippen LogP contribution in [0.4, 0.5) is 0 Å². The van der Waals surface area contributed by atoms with E-state index in [9.17, 15) is 25.2 Å². The number of rotatable bonds is 0. The second-order valence-electron chi connectivity index (χ2n) is 6.70. The molecule has 0 bridgehead atoms. The normalized spacial score (nSPS) is 33.4. The van der Waals surface area contributed by atoms with Crippen molar-refractivity contribution in [2.24, 2.45) is 0 Å². The summed E-state index contributed by atoms with van der Waals surface area (Å²) in [5, 5.41) is 40.3. The summed E-state index contributed by atoms with van der Waals surface area (Å²) in [5.74, 6) is -1.33. The number of carbonyl (C=O) groups is 1. The maximum absolute atomic E-state index is 12.5. The first-order valence-electron chi connectivity index (χ1n) is 8.41. The number of ether oxygens (including phenoxy) is 2. The Labute approximate surface area is 150 Å². The van der Waals surface area contributed by atoms with E-state index in [0.717, 1.165) is 6.07 Å². The van der Waals surface area contributed by atoms with Gasteiger partial charge in [-0.3, -0.25) is 0 Å². The summed E-state index contributed by atoms with van der Waals surface area (Å²) in [5.41, 5.74) is 0.571. The molecule has 2 aliphatic heterocycles. The van der Waals surface area contributed by atoms with Crippen molar-refractivity contribution in [3.63, 3.8) is 0 Å². The van der Waals surface area contributed by atoms with Crippen molar-refractivity contribution in [1.82, 2.24) is 0 Å². The molecule has 2 heterocycles. The highest BCUT2D eigenvalue weighted by atomic mass is 16.6. The minimum absolute atomic E-state index is 0.0670. The van der Waals surface area contributed by atoms with E-state index in [4.69, 9.17) is 9.47 Å². The van der Waals surface area contributed by atoms with Crippen LogP contribution in [0.3, 0.4) is 0 Å². The number of aromatic hydroxyl groups is 2. The number of aliphatic hydroxyl groups is 2. The van der Waals surface area contributed by atoms with Gasteiger partial charge in [-0.05, 0) is 18.6 Å². The van der Waals surface area contributed by atoms with Crippen LogP contribution in [0.5, 0.6) is 11.5 Å². The van der Waals surface area contributed by atoms with Crippen molar-refractivity contribution in [1.29, 1.82) is 0 Å². The molecule has 1 saturated heterocycles. The number of phenolic OH excluding ortho intramolecular Hbond substituents is 2. The van der Waals surface area contributed by atoms with Crippen LogP contribution in [0.1, 0.15) is 41.8 Å². The van der Waals surface area contributed by atoms with Gasteiger partial charge in [0.2, 0.25) is 0 Å². The highest BCUT2D eigenvalue weighted by Gasteiger charge is 2.45. The molecule has 2 aliphatic rings. The van der Waals surface area contributed by atoms with Crippen LogP contribution in [0.2, 0.25) is 0 Å². The summed E-state index contributed by atoms with van der Waals surface area (Å²) in [4.78, 5) is 12.5. The van der Waals surface area contributed by atoms with Gasteiger partial charge < -0.3 is 29.9 Å². The van der Waals surface area contributed by atoms with Gasteiger partial charge in [0.25, 0.3) is 0 Å². The minimum atomic E-state index is -1.14. The average Bonchev–Trinajstić information content (AvgIpc) is 3.31. The third kappa shape index (κ3) is 3.75. The molecule has 1 fully saturated rings. The van der Waals surface area contributed by atoms with Crippen LogP contribution in [-0.4, -0.2) is 50.8 Å². The van der Waals surface area contributed by atoms with E-state index in [1.165, 1.54) is 6.07 Å². The van der Waals surface area contributed by atoms with Crippen molar-refractivity contribution in [3.05, 3.63) is 47.6 Å². The molecule has 5 atom stereocenters. The standard InChI is InChI=1S/C19H22O7/c1-9-4-3-5-10(2)25-19(24)16-12(6-11(20)7-13(16)21)18-15(26-18)8-14(22)17(9)23/h3-4,6-7,10,14-15,17-18,20-23H,1,5,8H2,2H3/b4-3-/t10-,14-,15+,17+,18+/m0/s1. The fourth-order valence-corrected chi connectivity index (χ4v) is 3.09. The molecule has 26 heavy (non-hydrogen) atoms. The van der Waals surface area contributed by atoms with Gasteiger partial charge in [-0.15, -0.1) is 0 Å². The number of carbonyl (C=O) groups excluding carboxylic acids is 1. The van der Waals surface area contributed by atoms with E-state index in [0.29, 0.717) is 12.0 Å². The average molecular weight is 362 g/mol. The Kier molecular flexibility index (Phi) is 5.04. The molecule has 0 aliphatic carbocycles. The lowest BCUT2D eigenvalue weighted by molar-refractivity contribution is 0.0332. The van der Waals surface area contributed by atoms with Gasteiger partial charge in [-0.25, -0.2) is 4.79 Å². The number of phenols is 2. The maximum Gasteiger partial charge on any atom is 0.342 e. The number of cyclic esters (lactones) is 1. The lowest BCUT2D eigenvalue weighted by Crippen LogP contribution is -2.28. The van der Waals surface area contributed by atoms with Crippen LogP contribution in [0.25, 0.3) is 0 Å². The third-order valence-corrected chi connectivity index (χ3v) is 4.55. The van der Waals surface area contributed by atoms with Gasteiger partial charge in [0.15, 0.2) is 0 Å². The van der Waals surface area contributed by atoms with Gasteiger partial charge in [-0.2, -0.15) is 0 Å². The number of benzene rings is 1. The summed E-state index contributed by atoms with van der Waals surface area (Å²) >= 11 is 0. The highest BCUT2D eigenvalue weighted by molar-refractivity contribution is 5.95. The zero-order valence-electron chi connectivity index (χ0n) is 14.3. The van der Waals surface area contributed by atoms with Crippen molar-refractivity contribution < 1.29 is 34.7 Å². The van der Waals surface area contributed by atoms with Crippen molar-refractivity contribution in [2.75, 3.05) is 0 Å². The molecule has 1 aromatic rings. The summed E-state index contributed by atoms with van der Waals surface area (Å²) in [6.45, 7) is 5.43. The second kappa shape index (κ2) is 7.11. The summed E-state index contributed by atoms with van der Waals surface area (Å²) < 4.78 is 10.9. The van der Waals surface area contributed by atoms with Crippen molar-refractivity contribution in [3.8, 4) is 11.5 Å². The van der Waals surface area contributed by atoms with Crippen LogP contribution in [0, 0.1) is 0 Å². The number of aliphatic hydroxyl groups excluding tert-OH is 2. The van der Waals surface area contributed by atoms with Gasteiger partial charge in [0.05, 0.1) is 12.2 Å². The zero-order valence-corrected chi connectivity index (χ0v) is 14.3. The van der Waals surface area contributed by atoms with Crippen LogP contribution in [-0.2, 0) is 9.47 Å². The molecule has 0 saturated carbocycles. The highest BCUT2D eigenvalue weighted by Crippen LogP contribution is 2.46. The molecule has 0 spiro atoms. The lowest BCUT2D eigenvalue weighted by atomic mass is 9.96. The largest absolute Gasteiger partial charge is 0.508 e. The Balaban J connectivity index is 1.97. The fourth-order valence-electron chi connectivity index (χ4n) is 3.09. The molecule has 0 amide bonds. The number of epoxide rings is 1. The molecule has 140 valence electrons. The first kappa shape index (κ1) is 18.4. The Morgan fingerprint density at radius 3 is 2.69 bits per heavy atom. The molecule has 1 aromatic carbocycles. The molecule has 0 radical (unpaired) electrons. The molecule has 3 rings (SSSR count). The predicted octanol–water partition coefficient (Wildman–Crippen LogP) is 1.71. The minimum Gasteiger partial charge on any atom is -0.508 e. The Morgan fingerprint density at radius 1 is 1.23 bits per heavy atom. The smallest absolute Gasteiger partial charge is 0.342 e. The number of hydrogen-bond donors (Lipinski definition) is 4. The SMILES string of the molecule is C=C1/C=C\C[C@H](C)OC(=O)c2c(O)cc(O)cc2[C@H]2O[C@@H]2C[C@H](O)[C@@H]1O. The van der Waals surface area contributed by atoms with Crippen LogP contribution >= 0.6 is 0 Å². The summed E-state index contributed by atoms with van der Waals surface area (Å²) in [6.07, 6.45) is -0.0470. The Bertz CT molecular complexity index is 754. The third-order valence-electron chi connectivity index (χ3n) is 4.55. The van der Waals surface area contributed by atoms with Crippen LogP contribution < -0.4 is 0 Å². The van der Waals surface area contributed by atoms with Gasteiger partial charge in [0.1, 0.15) is 35.4 Å². The van der Waals surface area contributed by atoms with E-state index in [-0.39, 0.29) is 23.3 Å². The lowest BCUT2D eigenvalue weighted by Gasteiger charge is -2.19. The second-order valence-corrected chi connectivity index (χ2v) is 6.70. The van der Waals surface area contributed by atoms with E-state index < -0.39 is 42.2 Å². The molecular formula is C19H22O7. The van der Waals surface area contributed by atoms with Gasteiger partial charge in [0, 0.05) is 24.5 Å².